The van der Waals surface area contributed by atoms with E-state index in [-0.39, 0.29) is 0 Å². The maximum absolute atomic E-state index is 5.19. The van der Waals surface area contributed by atoms with Gasteiger partial charge in [-0.25, -0.2) is 4.98 Å². The van der Waals surface area contributed by atoms with Gasteiger partial charge in [0.2, 0.25) is 0 Å². The Balaban J connectivity index is 1.59. The Morgan fingerprint density at radius 1 is 1.18 bits per heavy atom. The van der Waals surface area contributed by atoms with Crippen LogP contribution in [0.1, 0.15) is 10.7 Å². The van der Waals surface area contributed by atoms with Crippen LogP contribution in [0.25, 0.3) is 11.1 Å². The van der Waals surface area contributed by atoms with Gasteiger partial charge in [0.1, 0.15) is 11.6 Å². The molecule has 0 aliphatic carbocycles. The van der Waals surface area contributed by atoms with Gasteiger partial charge in [0.05, 0.1) is 13.7 Å². The highest BCUT2D eigenvalue weighted by molar-refractivity contribution is 7.10. The Morgan fingerprint density at radius 3 is 2.68 bits per heavy atom. The standard InChI is InChI=1S/C17H19N3OS/c1-20-8-7-19-17(20)11-18-10-16-9-14(12-22-16)13-3-5-15(21-2)6-4-13/h3-9,12,18H,10-11H2,1-2H3. The van der Waals surface area contributed by atoms with Crippen molar-refractivity contribution in [2.24, 2.45) is 7.05 Å². The summed E-state index contributed by atoms with van der Waals surface area (Å²) in [6, 6.07) is 10.4. The zero-order valence-electron chi connectivity index (χ0n) is 12.7. The van der Waals surface area contributed by atoms with Crippen LogP contribution in [-0.4, -0.2) is 16.7 Å². The van der Waals surface area contributed by atoms with Gasteiger partial charge in [-0.15, -0.1) is 11.3 Å². The molecule has 1 N–H and O–H groups in total. The van der Waals surface area contributed by atoms with Gasteiger partial charge in [-0.1, -0.05) is 12.1 Å². The fourth-order valence-electron chi connectivity index (χ4n) is 2.27. The molecule has 0 unspecified atom stereocenters. The second-order valence-electron chi connectivity index (χ2n) is 5.09. The van der Waals surface area contributed by atoms with Crippen molar-refractivity contribution in [3.05, 3.63) is 58.8 Å². The lowest BCUT2D eigenvalue weighted by Gasteiger charge is -2.03. The minimum absolute atomic E-state index is 0.777. The van der Waals surface area contributed by atoms with Crippen molar-refractivity contribution in [3.8, 4) is 16.9 Å². The molecule has 4 nitrogen and oxygen atoms in total. The first-order chi connectivity index (χ1) is 10.8. The monoisotopic (exact) mass is 313 g/mol. The van der Waals surface area contributed by atoms with Crippen molar-refractivity contribution in [1.29, 1.82) is 0 Å². The number of imidazole rings is 1. The largest absolute Gasteiger partial charge is 0.497 e. The Hall–Kier alpha value is -2.11. The molecule has 0 fully saturated rings. The molecule has 3 rings (SSSR count). The second-order valence-corrected chi connectivity index (χ2v) is 6.08. The molecule has 22 heavy (non-hydrogen) atoms. The quantitative estimate of drug-likeness (QED) is 0.757. The summed E-state index contributed by atoms with van der Waals surface area (Å²) in [4.78, 5) is 5.63. The number of nitrogens with one attached hydrogen (secondary N) is 1. The zero-order valence-corrected chi connectivity index (χ0v) is 13.6. The third-order valence-corrected chi connectivity index (χ3v) is 4.52. The fourth-order valence-corrected chi connectivity index (χ4v) is 3.14. The minimum Gasteiger partial charge on any atom is -0.497 e. The smallest absolute Gasteiger partial charge is 0.122 e. The maximum atomic E-state index is 5.19. The summed E-state index contributed by atoms with van der Waals surface area (Å²) in [6.45, 7) is 1.63. The highest BCUT2D eigenvalue weighted by atomic mass is 32.1. The van der Waals surface area contributed by atoms with Crippen LogP contribution in [0.15, 0.2) is 48.1 Å². The number of aryl methyl sites for hydroxylation is 1. The van der Waals surface area contributed by atoms with E-state index in [1.54, 1.807) is 18.4 Å². The third kappa shape index (κ3) is 3.37. The Morgan fingerprint density at radius 2 is 2.00 bits per heavy atom. The van der Waals surface area contributed by atoms with Crippen LogP contribution in [0.5, 0.6) is 5.75 Å². The fraction of sp³-hybridized carbons (Fsp3) is 0.235. The molecule has 0 radical (unpaired) electrons. The van der Waals surface area contributed by atoms with E-state index >= 15 is 0 Å². The Kier molecular flexibility index (Phi) is 4.56. The zero-order chi connectivity index (χ0) is 15.4. The summed E-state index contributed by atoms with van der Waals surface area (Å²) < 4.78 is 7.23. The summed E-state index contributed by atoms with van der Waals surface area (Å²) in [5.74, 6) is 1.93. The SMILES string of the molecule is COc1ccc(-c2csc(CNCc3nccn3C)c2)cc1. The highest BCUT2D eigenvalue weighted by Crippen LogP contribution is 2.27. The second kappa shape index (κ2) is 6.77. The number of aromatic nitrogens is 2. The first-order valence-corrected chi connectivity index (χ1v) is 8.03. The molecule has 0 saturated heterocycles. The van der Waals surface area contributed by atoms with Crippen molar-refractivity contribution in [1.82, 2.24) is 14.9 Å². The number of benzene rings is 1. The average Bonchev–Trinajstić information content (AvgIpc) is 3.17. The van der Waals surface area contributed by atoms with E-state index in [0.29, 0.717) is 0 Å². The molecule has 2 aromatic heterocycles. The van der Waals surface area contributed by atoms with Gasteiger partial charge in [-0.05, 0) is 34.7 Å². The number of thiophene rings is 1. The highest BCUT2D eigenvalue weighted by Gasteiger charge is 2.04. The molecule has 0 bridgehead atoms. The summed E-state index contributed by atoms with van der Waals surface area (Å²) >= 11 is 1.77. The molecular weight excluding hydrogens is 294 g/mol. The van der Waals surface area contributed by atoms with E-state index in [2.05, 4.69) is 33.9 Å². The average molecular weight is 313 g/mol. The lowest BCUT2D eigenvalue weighted by Crippen LogP contribution is -2.14. The van der Waals surface area contributed by atoms with Gasteiger partial charge in [-0.2, -0.15) is 0 Å². The van der Waals surface area contributed by atoms with Crippen molar-refractivity contribution < 1.29 is 4.74 Å². The lowest BCUT2D eigenvalue weighted by molar-refractivity contribution is 0.415. The van der Waals surface area contributed by atoms with Crippen LogP contribution in [0.3, 0.4) is 0 Å². The number of hydrogen-bond donors (Lipinski definition) is 1. The van der Waals surface area contributed by atoms with E-state index in [4.69, 9.17) is 4.74 Å². The van der Waals surface area contributed by atoms with Crippen LogP contribution >= 0.6 is 11.3 Å². The van der Waals surface area contributed by atoms with Gasteiger partial charge in [0.25, 0.3) is 0 Å². The third-order valence-electron chi connectivity index (χ3n) is 3.58. The molecule has 0 amide bonds. The van der Waals surface area contributed by atoms with E-state index in [9.17, 15) is 0 Å². The van der Waals surface area contributed by atoms with Crippen molar-refractivity contribution in [3.63, 3.8) is 0 Å². The van der Waals surface area contributed by atoms with Crippen LogP contribution in [0.4, 0.5) is 0 Å². The van der Waals surface area contributed by atoms with Crippen LogP contribution < -0.4 is 10.1 Å². The molecule has 114 valence electrons. The first kappa shape index (κ1) is 14.8. The van der Waals surface area contributed by atoms with Gasteiger partial charge in [-0.3, -0.25) is 0 Å². The normalized spacial score (nSPS) is 10.8. The first-order valence-electron chi connectivity index (χ1n) is 7.15. The Labute approximate surface area is 134 Å². The molecule has 0 saturated carbocycles. The van der Waals surface area contributed by atoms with E-state index in [1.807, 2.05) is 36.1 Å². The number of ether oxygens (including phenoxy) is 1. The summed E-state index contributed by atoms with van der Waals surface area (Å²) in [5.41, 5.74) is 2.47. The van der Waals surface area contributed by atoms with Crippen LogP contribution in [0.2, 0.25) is 0 Å². The van der Waals surface area contributed by atoms with E-state index in [0.717, 1.165) is 24.7 Å². The van der Waals surface area contributed by atoms with E-state index < -0.39 is 0 Å². The summed E-state index contributed by atoms with van der Waals surface area (Å²) in [7, 11) is 3.70. The predicted molar refractivity (Wildman–Crippen MR) is 90.1 cm³/mol. The summed E-state index contributed by atoms with van der Waals surface area (Å²) in [6.07, 6.45) is 3.79. The molecule has 0 spiro atoms. The number of hydrogen-bond acceptors (Lipinski definition) is 4. The molecule has 1 aromatic carbocycles. The molecule has 3 aromatic rings. The van der Waals surface area contributed by atoms with Crippen LogP contribution in [0, 0.1) is 0 Å². The predicted octanol–water partition coefficient (Wildman–Crippen LogP) is 3.45. The van der Waals surface area contributed by atoms with Crippen molar-refractivity contribution in [2.45, 2.75) is 13.1 Å². The van der Waals surface area contributed by atoms with E-state index in [1.165, 1.54) is 16.0 Å². The van der Waals surface area contributed by atoms with Gasteiger partial charge in [0.15, 0.2) is 0 Å². The van der Waals surface area contributed by atoms with Gasteiger partial charge >= 0.3 is 0 Å². The minimum atomic E-state index is 0.777. The van der Waals surface area contributed by atoms with Gasteiger partial charge < -0.3 is 14.6 Å². The summed E-state index contributed by atoms with van der Waals surface area (Å²) in [5, 5.41) is 5.63. The molecule has 2 heterocycles. The van der Waals surface area contributed by atoms with Crippen molar-refractivity contribution in [2.75, 3.05) is 7.11 Å². The molecule has 0 atom stereocenters. The number of rotatable bonds is 6. The lowest BCUT2D eigenvalue weighted by atomic mass is 10.1. The van der Waals surface area contributed by atoms with Gasteiger partial charge in [0, 0.05) is 30.9 Å². The molecule has 0 aliphatic heterocycles. The molecule has 5 heteroatoms. The van der Waals surface area contributed by atoms with Crippen LogP contribution in [-0.2, 0) is 20.1 Å². The molecular formula is C17H19N3OS. The maximum Gasteiger partial charge on any atom is 0.122 e. The Bertz CT molecular complexity index is 730. The number of methoxy groups -OCH3 is 1. The van der Waals surface area contributed by atoms with Crippen molar-refractivity contribution >= 4 is 11.3 Å². The topological polar surface area (TPSA) is 39.1 Å². The molecule has 0 aliphatic rings. The number of nitrogens with zero attached hydrogens (tertiary/aromatic N) is 2.